The first kappa shape index (κ1) is 10.1. The van der Waals surface area contributed by atoms with Crippen LogP contribution in [0.25, 0.3) is 0 Å². The predicted molar refractivity (Wildman–Crippen MR) is 43.6 cm³/mol. The van der Waals surface area contributed by atoms with E-state index in [1.54, 1.807) is 24.3 Å². The Kier molecular flexibility index (Phi) is 3.74. The summed E-state index contributed by atoms with van der Waals surface area (Å²) in [5.41, 5.74) is 0.294. The van der Waals surface area contributed by atoms with Crippen LogP contribution in [0.15, 0.2) is 28.7 Å². The molecule has 0 amide bonds. The smallest absolute Gasteiger partial charge is 0.336 e. The maximum Gasteiger partial charge on any atom is 0.336 e. The van der Waals surface area contributed by atoms with Gasteiger partial charge in [0.15, 0.2) is 0 Å². The summed E-state index contributed by atoms with van der Waals surface area (Å²) in [5.74, 6) is -0.910. The van der Waals surface area contributed by atoms with E-state index in [0.29, 0.717) is 10.0 Å². The fourth-order valence-electron chi connectivity index (χ4n) is 0.635. The minimum Gasteiger partial charge on any atom is -0.478 e. The molecule has 0 bridgehead atoms. The molecule has 0 saturated carbocycles. The van der Waals surface area contributed by atoms with E-state index in [2.05, 4.69) is 15.9 Å². The number of hydrogen-bond acceptors (Lipinski definition) is 1. The number of carboxylic acid groups (broad SMARTS) is 1. The summed E-state index contributed by atoms with van der Waals surface area (Å²) < 4.78 is 0.613. The van der Waals surface area contributed by atoms with Crippen molar-refractivity contribution in [3.05, 3.63) is 34.3 Å². The number of rotatable bonds is 1. The summed E-state index contributed by atoms with van der Waals surface area (Å²) in [6.07, 6.45) is 0. The molecular weight excluding hydrogens is 215 g/mol. The van der Waals surface area contributed by atoms with Gasteiger partial charge in [-0.25, -0.2) is 4.79 Å². The second kappa shape index (κ2) is 4.08. The van der Waals surface area contributed by atoms with Gasteiger partial charge in [0, 0.05) is 4.47 Å². The van der Waals surface area contributed by atoms with Crippen LogP contribution in [0, 0.1) is 0 Å². The Balaban J connectivity index is 0.000001000. The number of aromatic carboxylic acids is 1. The Morgan fingerprint density at radius 2 is 1.91 bits per heavy atom. The van der Waals surface area contributed by atoms with Crippen LogP contribution >= 0.6 is 15.9 Å². The van der Waals surface area contributed by atoms with Gasteiger partial charge < -0.3 is 5.11 Å². The van der Waals surface area contributed by atoms with Gasteiger partial charge in [-0.2, -0.15) is 0 Å². The Hall–Kier alpha value is -0.900. The van der Waals surface area contributed by atoms with Crippen LogP contribution in [-0.2, 0) is 0 Å². The lowest BCUT2D eigenvalue weighted by Crippen LogP contribution is -1.95. The van der Waals surface area contributed by atoms with E-state index in [9.17, 15) is 4.79 Å². The van der Waals surface area contributed by atoms with Gasteiger partial charge >= 0.3 is 5.97 Å². The molecular formula is C7H6BrFO2. The lowest BCUT2D eigenvalue weighted by atomic mass is 10.2. The van der Waals surface area contributed by atoms with Gasteiger partial charge in [-0.15, -0.1) is 0 Å². The zero-order valence-corrected chi connectivity index (χ0v) is 7.04. The summed E-state index contributed by atoms with van der Waals surface area (Å²) in [4.78, 5) is 10.4. The number of hydrogen-bond donors (Lipinski definition) is 1. The molecule has 1 rings (SSSR count). The fraction of sp³-hybridized carbons (Fsp3) is 0. The van der Waals surface area contributed by atoms with E-state index in [0.717, 1.165) is 0 Å². The van der Waals surface area contributed by atoms with E-state index in [1.165, 1.54) is 0 Å². The molecule has 0 aliphatic heterocycles. The third kappa shape index (κ3) is 2.31. The second-order valence-corrected chi connectivity index (χ2v) is 2.64. The number of carbonyl (C=O) groups is 1. The van der Waals surface area contributed by atoms with Crippen molar-refractivity contribution < 1.29 is 14.6 Å². The monoisotopic (exact) mass is 220 g/mol. The molecule has 0 aliphatic carbocycles. The summed E-state index contributed by atoms with van der Waals surface area (Å²) in [5, 5.41) is 8.54. The van der Waals surface area contributed by atoms with E-state index in [4.69, 9.17) is 5.11 Å². The molecule has 0 aromatic heterocycles. The quantitative estimate of drug-likeness (QED) is 0.789. The fourth-order valence-corrected chi connectivity index (χ4v) is 1.09. The first-order chi connectivity index (χ1) is 4.72. The van der Waals surface area contributed by atoms with Crippen LogP contribution in [0.4, 0.5) is 4.70 Å². The number of benzene rings is 1. The molecule has 0 aliphatic rings. The van der Waals surface area contributed by atoms with Crippen molar-refractivity contribution >= 4 is 21.9 Å². The van der Waals surface area contributed by atoms with Gasteiger partial charge in [0.25, 0.3) is 0 Å². The van der Waals surface area contributed by atoms with Crippen LogP contribution < -0.4 is 0 Å². The molecule has 60 valence electrons. The van der Waals surface area contributed by atoms with E-state index in [1.807, 2.05) is 0 Å². The predicted octanol–water partition coefficient (Wildman–Crippen LogP) is 2.30. The minimum atomic E-state index is -0.910. The highest BCUT2D eigenvalue weighted by molar-refractivity contribution is 9.10. The first-order valence-electron chi connectivity index (χ1n) is 2.69. The van der Waals surface area contributed by atoms with E-state index >= 15 is 0 Å². The topological polar surface area (TPSA) is 37.3 Å². The minimum absolute atomic E-state index is 0. The second-order valence-electron chi connectivity index (χ2n) is 1.78. The van der Waals surface area contributed by atoms with Crippen molar-refractivity contribution in [2.24, 2.45) is 0 Å². The van der Waals surface area contributed by atoms with Gasteiger partial charge in [-0.3, -0.25) is 4.70 Å². The van der Waals surface area contributed by atoms with Gasteiger partial charge in [0.1, 0.15) is 0 Å². The summed E-state index contributed by atoms with van der Waals surface area (Å²) in [6, 6.07) is 6.71. The van der Waals surface area contributed by atoms with E-state index in [-0.39, 0.29) is 4.70 Å². The molecule has 1 aromatic rings. The highest BCUT2D eigenvalue weighted by Crippen LogP contribution is 2.14. The summed E-state index contributed by atoms with van der Waals surface area (Å²) in [7, 11) is 0. The first-order valence-corrected chi connectivity index (χ1v) is 3.49. The third-order valence-corrected chi connectivity index (χ3v) is 1.80. The van der Waals surface area contributed by atoms with Crippen LogP contribution in [-0.4, -0.2) is 11.1 Å². The average molecular weight is 221 g/mol. The number of halogens is 2. The van der Waals surface area contributed by atoms with Crippen molar-refractivity contribution in [2.45, 2.75) is 0 Å². The van der Waals surface area contributed by atoms with Gasteiger partial charge in [-0.1, -0.05) is 12.1 Å². The van der Waals surface area contributed by atoms with Crippen molar-refractivity contribution in [1.82, 2.24) is 0 Å². The van der Waals surface area contributed by atoms with E-state index < -0.39 is 5.97 Å². The van der Waals surface area contributed by atoms with Crippen molar-refractivity contribution in [3.63, 3.8) is 0 Å². The molecule has 2 nitrogen and oxygen atoms in total. The average Bonchev–Trinajstić information content (AvgIpc) is 1.88. The lowest BCUT2D eigenvalue weighted by Gasteiger charge is -1.94. The molecule has 11 heavy (non-hydrogen) atoms. The molecule has 0 atom stereocenters. The molecule has 4 heteroatoms. The van der Waals surface area contributed by atoms with Crippen molar-refractivity contribution in [1.29, 1.82) is 0 Å². The standard InChI is InChI=1S/C7H5BrO2.FH/c8-6-4-2-1-3-5(6)7(9)10;/h1-4H,(H,9,10);1H. The molecule has 1 N–H and O–H groups in total. The molecule has 1 aromatic carbocycles. The Morgan fingerprint density at radius 3 is 2.27 bits per heavy atom. The zero-order valence-electron chi connectivity index (χ0n) is 5.45. The van der Waals surface area contributed by atoms with Crippen molar-refractivity contribution in [3.8, 4) is 0 Å². The maximum absolute atomic E-state index is 10.4. The van der Waals surface area contributed by atoms with Crippen LogP contribution in [0.3, 0.4) is 0 Å². The number of carboxylic acids is 1. The molecule has 0 spiro atoms. The van der Waals surface area contributed by atoms with Gasteiger partial charge in [0.2, 0.25) is 0 Å². The normalized spacial score (nSPS) is 8.45. The van der Waals surface area contributed by atoms with Crippen LogP contribution in [0.1, 0.15) is 10.4 Å². The molecule has 0 saturated heterocycles. The highest BCUT2D eigenvalue weighted by Gasteiger charge is 2.04. The summed E-state index contributed by atoms with van der Waals surface area (Å²) in [6.45, 7) is 0. The largest absolute Gasteiger partial charge is 0.478 e. The third-order valence-electron chi connectivity index (χ3n) is 1.10. The Morgan fingerprint density at radius 1 is 1.36 bits per heavy atom. The van der Waals surface area contributed by atoms with Gasteiger partial charge in [-0.05, 0) is 28.1 Å². The molecule has 0 heterocycles. The SMILES string of the molecule is F.O=C(O)c1ccccc1Br. The van der Waals surface area contributed by atoms with Gasteiger partial charge in [0.05, 0.1) is 5.56 Å². The molecule has 0 radical (unpaired) electrons. The lowest BCUT2D eigenvalue weighted by molar-refractivity contribution is 0.0696. The Labute approximate surface area is 71.3 Å². The maximum atomic E-state index is 10.4. The zero-order chi connectivity index (χ0) is 7.56. The van der Waals surface area contributed by atoms with Crippen LogP contribution in [0.2, 0.25) is 0 Å². The highest BCUT2D eigenvalue weighted by atomic mass is 79.9. The Bertz CT molecular complexity index is 262. The molecule has 0 unspecified atom stereocenters. The molecule has 0 fully saturated rings. The van der Waals surface area contributed by atoms with Crippen molar-refractivity contribution in [2.75, 3.05) is 0 Å². The summed E-state index contributed by atoms with van der Waals surface area (Å²) >= 11 is 3.12. The van der Waals surface area contributed by atoms with Crippen LogP contribution in [0.5, 0.6) is 0 Å².